The van der Waals surface area contributed by atoms with Gasteiger partial charge in [-0.25, -0.2) is 4.79 Å². The fourth-order valence-corrected chi connectivity index (χ4v) is 5.40. The second-order valence-electron chi connectivity index (χ2n) is 6.71. The summed E-state index contributed by atoms with van der Waals surface area (Å²) in [4.78, 5) is 28.0. The van der Waals surface area contributed by atoms with Crippen LogP contribution >= 0.6 is 22.9 Å². The largest absolute Gasteiger partial charge is 0.365 e. The minimum atomic E-state index is -0.497. The van der Waals surface area contributed by atoms with Crippen LogP contribution in [0.4, 0.5) is 15.5 Å². The summed E-state index contributed by atoms with van der Waals surface area (Å²) in [5.74, 6) is -0.497. The number of thiophene rings is 1. The number of carbonyl (C=O) groups excluding carboxylic acids is 2. The van der Waals surface area contributed by atoms with Gasteiger partial charge < -0.3 is 11.1 Å². The molecule has 4 N–H and O–H groups in total. The van der Waals surface area contributed by atoms with Gasteiger partial charge in [0.25, 0.3) is 5.91 Å². The Hall–Kier alpha value is -2.09. The molecule has 1 unspecified atom stereocenters. The predicted octanol–water partition coefficient (Wildman–Crippen LogP) is 3.84. The monoisotopic (exact) mass is 390 g/mol. The Morgan fingerprint density at radius 3 is 2.65 bits per heavy atom. The number of fused-ring (bicyclic) bond motifs is 4. The Balaban J connectivity index is 1.60. The summed E-state index contributed by atoms with van der Waals surface area (Å²) in [5, 5.41) is 6.66. The number of likely N-dealkylation sites (N-methyl/N-ethyl adjacent to an activating group) is 1. The lowest BCUT2D eigenvalue weighted by atomic mass is 9.97. The summed E-state index contributed by atoms with van der Waals surface area (Å²) in [6, 6.07) is 7.12. The smallest absolute Gasteiger partial charge is 0.324 e. The van der Waals surface area contributed by atoms with E-state index in [1.165, 1.54) is 11.3 Å². The maximum absolute atomic E-state index is 12.4. The topological polar surface area (TPSA) is 87.5 Å². The van der Waals surface area contributed by atoms with Crippen molar-refractivity contribution in [3.8, 4) is 0 Å². The van der Waals surface area contributed by atoms with Crippen LogP contribution in [0.25, 0.3) is 0 Å². The average Bonchev–Trinajstić information content (AvgIpc) is 3.05. The number of amides is 3. The van der Waals surface area contributed by atoms with Crippen molar-refractivity contribution in [3.63, 3.8) is 0 Å². The summed E-state index contributed by atoms with van der Waals surface area (Å²) in [7, 11) is 2.09. The number of nitrogens with one attached hydrogen (secondary N) is 2. The van der Waals surface area contributed by atoms with Crippen LogP contribution in [0.1, 0.15) is 39.7 Å². The predicted molar refractivity (Wildman–Crippen MR) is 104 cm³/mol. The maximum Gasteiger partial charge on any atom is 0.324 e. The van der Waals surface area contributed by atoms with E-state index in [9.17, 15) is 9.59 Å². The molecule has 2 aliphatic rings. The first-order valence-electron chi connectivity index (χ1n) is 8.45. The molecule has 1 aromatic heterocycles. The van der Waals surface area contributed by atoms with Crippen LogP contribution in [0.2, 0.25) is 5.02 Å². The van der Waals surface area contributed by atoms with Gasteiger partial charge >= 0.3 is 6.03 Å². The van der Waals surface area contributed by atoms with E-state index in [0.29, 0.717) is 27.3 Å². The highest BCUT2D eigenvalue weighted by Gasteiger charge is 2.42. The van der Waals surface area contributed by atoms with Gasteiger partial charge in [0.15, 0.2) is 0 Å². The van der Waals surface area contributed by atoms with Crippen molar-refractivity contribution >= 4 is 45.6 Å². The first kappa shape index (κ1) is 17.3. The molecule has 2 aliphatic heterocycles. The van der Waals surface area contributed by atoms with Crippen molar-refractivity contribution in [3.05, 3.63) is 45.3 Å². The Morgan fingerprint density at radius 1 is 1.23 bits per heavy atom. The maximum atomic E-state index is 12.4. The normalized spacial score (nSPS) is 21.3. The molecule has 0 radical (unpaired) electrons. The third kappa shape index (κ3) is 2.96. The van der Waals surface area contributed by atoms with E-state index >= 15 is 0 Å². The highest BCUT2D eigenvalue weighted by Crippen LogP contribution is 2.49. The standard InChI is InChI=1S/C18H19ClN4O2S/c1-23-11-6-7-12(23)14-13(8-11)26-17(15(14)16(20)24)22-18(25)21-10-4-2-9(19)3-5-10/h2-5,11-12H,6-8H2,1H3,(H2,20,24)(H2,21,22,25)/t11-,12?/m0/s1. The molecular weight excluding hydrogens is 372 g/mol. The van der Waals surface area contributed by atoms with E-state index < -0.39 is 11.9 Å². The summed E-state index contributed by atoms with van der Waals surface area (Å²) in [5.41, 5.74) is 7.74. The zero-order valence-corrected chi connectivity index (χ0v) is 15.8. The van der Waals surface area contributed by atoms with Gasteiger partial charge in [-0.05, 0) is 56.1 Å². The lowest BCUT2D eigenvalue weighted by Gasteiger charge is -2.31. The van der Waals surface area contributed by atoms with Crippen molar-refractivity contribution < 1.29 is 9.59 Å². The minimum absolute atomic E-state index is 0.206. The second-order valence-corrected chi connectivity index (χ2v) is 8.25. The van der Waals surface area contributed by atoms with E-state index in [-0.39, 0.29) is 6.04 Å². The quantitative estimate of drug-likeness (QED) is 0.744. The SMILES string of the molecule is CN1C2CC[C@H]1Cc1sc(NC(=O)Nc3ccc(Cl)cc3)c(C(N)=O)c12. The summed E-state index contributed by atoms with van der Waals surface area (Å²) >= 11 is 7.31. The number of urea groups is 1. The number of nitrogens with zero attached hydrogens (tertiary/aromatic N) is 1. The van der Waals surface area contributed by atoms with Crippen LogP contribution in [-0.4, -0.2) is 29.9 Å². The number of carbonyl (C=O) groups is 2. The van der Waals surface area contributed by atoms with Gasteiger partial charge in [0.1, 0.15) is 5.00 Å². The molecule has 2 aromatic rings. The molecule has 1 saturated heterocycles. The molecule has 3 amide bonds. The highest BCUT2D eigenvalue weighted by atomic mass is 35.5. The number of benzene rings is 1. The number of halogens is 1. The number of nitrogens with two attached hydrogens (primary N) is 1. The van der Waals surface area contributed by atoms with Crippen molar-refractivity contribution in [2.24, 2.45) is 5.73 Å². The van der Waals surface area contributed by atoms with Gasteiger partial charge in [0.2, 0.25) is 0 Å². The van der Waals surface area contributed by atoms with E-state index in [0.717, 1.165) is 29.7 Å². The van der Waals surface area contributed by atoms with Gasteiger partial charge in [-0.2, -0.15) is 0 Å². The van der Waals surface area contributed by atoms with E-state index in [1.807, 2.05) is 0 Å². The van der Waals surface area contributed by atoms with Crippen LogP contribution in [-0.2, 0) is 6.42 Å². The zero-order chi connectivity index (χ0) is 18.4. The Labute approximate surface area is 160 Å². The van der Waals surface area contributed by atoms with Crippen LogP contribution in [0.15, 0.2) is 24.3 Å². The Bertz CT molecular complexity index is 880. The number of hydrogen-bond donors (Lipinski definition) is 3. The lowest BCUT2D eigenvalue weighted by Crippen LogP contribution is -2.34. The molecule has 1 fully saturated rings. The van der Waals surface area contributed by atoms with Crippen molar-refractivity contribution in [1.82, 2.24) is 4.90 Å². The molecule has 1 aromatic carbocycles. The molecule has 4 rings (SSSR count). The fourth-order valence-electron chi connectivity index (χ4n) is 3.95. The number of primary amides is 1. The van der Waals surface area contributed by atoms with Gasteiger partial charge in [-0.3, -0.25) is 15.0 Å². The summed E-state index contributed by atoms with van der Waals surface area (Å²) in [6.07, 6.45) is 3.04. The first-order chi connectivity index (χ1) is 12.4. The van der Waals surface area contributed by atoms with Gasteiger partial charge in [0, 0.05) is 27.7 Å². The van der Waals surface area contributed by atoms with Gasteiger partial charge in [-0.15, -0.1) is 11.3 Å². The van der Waals surface area contributed by atoms with Gasteiger partial charge in [0.05, 0.1) is 5.56 Å². The first-order valence-corrected chi connectivity index (χ1v) is 9.64. The van der Waals surface area contributed by atoms with E-state index in [1.54, 1.807) is 24.3 Å². The molecule has 2 bridgehead atoms. The molecule has 2 atom stereocenters. The second kappa shape index (κ2) is 6.57. The third-order valence-corrected chi connectivity index (χ3v) is 6.59. The molecule has 0 aliphatic carbocycles. The Morgan fingerprint density at radius 2 is 1.96 bits per heavy atom. The van der Waals surface area contributed by atoms with E-state index in [4.69, 9.17) is 17.3 Å². The minimum Gasteiger partial charge on any atom is -0.365 e. The molecule has 136 valence electrons. The third-order valence-electron chi connectivity index (χ3n) is 5.19. The van der Waals surface area contributed by atoms with Gasteiger partial charge in [-0.1, -0.05) is 11.6 Å². The average molecular weight is 391 g/mol. The fraction of sp³-hybridized carbons (Fsp3) is 0.333. The van der Waals surface area contributed by atoms with Crippen LogP contribution in [0.5, 0.6) is 0 Å². The van der Waals surface area contributed by atoms with Crippen molar-refractivity contribution in [2.75, 3.05) is 17.7 Å². The molecule has 0 saturated carbocycles. The number of anilines is 2. The highest BCUT2D eigenvalue weighted by molar-refractivity contribution is 7.17. The van der Waals surface area contributed by atoms with Crippen LogP contribution < -0.4 is 16.4 Å². The lowest BCUT2D eigenvalue weighted by molar-refractivity contribution is 0.0997. The number of rotatable bonds is 3. The summed E-state index contributed by atoms with van der Waals surface area (Å²) in [6.45, 7) is 0. The van der Waals surface area contributed by atoms with Crippen molar-refractivity contribution in [2.45, 2.75) is 31.3 Å². The molecule has 3 heterocycles. The molecule has 26 heavy (non-hydrogen) atoms. The summed E-state index contributed by atoms with van der Waals surface area (Å²) < 4.78 is 0. The molecular formula is C18H19ClN4O2S. The molecule has 8 heteroatoms. The molecule has 6 nitrogen and oxygen atoms in total. The van der Waals surface area contributed by atoms with Crippen molar-refractivity contribution in [1.29, 1.82) is 0 Å². The van der Waals surface area contributed by atoms with Crippen LogP contribution in [0, 0.1) is 0 Å². The van der Waals surface area contributed by atoms with E-state index in [2.05, 4.69) is 22.6 Å². The zero-order valence-electron chi connectivity index (χ0n) is 14.2. The number of hydrogen-bond acceptors (Lipinski definition) is 4. The Kier molecular flexibility index (Phi) is 4.38. The van der Waals surface area contributed by atoms with Crippen LogP contribution in [0.3, 0.4) is 0 Å². The molecule has 0 spiro atoms.